The maximum atomic E-state index is 12.3. The van der Waals surface area contributed by atoms with Crippen LogP contribution in [0.5, 0.6) is 0 Å². The molecule has 0 aromatic carbocycles. The molecule has 1 saturated carbocycles. The highest BCUT2D eigenvalue weighted by Crippen LogP contribution is 2.29. The fraction of sp³-hybridized carbons (Fsp3) is 0.571. The van der Waals surface area contributed by atoms with Gasteiger partial charge >= 0.3 is 0 Å². The molecule has 0 radical (unpaired) electrons. The molecule has 19 heavy (non-hydrogen) atoms. The number of nitrogens with one attached hydrogen (secondary N) is 1. The molecule has 0 spiro atoms. The molecule has 0 saturated heterocycles. The van der Waals surface area contributed by atoms with Gasteiger partial charge in [-0.05, 0) is 31.4 Å². The van der Waals surface area contributed by atoms with E-state index in [0.29, 0.717) is 4.99 Å². The Hall–Kier alpha value is -0.940. The smallest absolute Gasteiger partial charge is 0.262 e. The van der Waals surface area contributed by atoms with E-state index < -0.39 is 5.54 Å². The Kier molecular flexibility index (Phi) is 4.58. The van der Waals surface area contributed by atoms with Gasteiger partial charge in [-0.1, -0.05) is 38.4 Å². The molecule has 3 N–H and O–H groups in total. The number of carbonyl (C=O) groups is 1. The van der Waals surface area contributed by atoms with Crippen molar-refractivity contribution >= 4 is 34.5 Å². The molecule has 2 rings (SSSR count). The van der Waals surface area contributed by atoms with Gasteiger partial charge in [-0.15, -0.1) is 11.3 Å². The van der Waals surface area contributed by atoms with Crippen LogP contribution in [0.25, 0.3) is 0 Å². The summed E-state index contributed by atoms with van der Waals surface area (Å²) in [6.07, 6.45) is 6.02. The van der Waals surface area contributed by atoms with Crippen molar-refractivity contribution in [2.75, 3.05) is 0 Å². The van der Waals surface area contributed by atoms with E-state index in [-0.39, 0.29) is 5.91 Å². The van der Waals surface area contributed by atoms with Gasteiger partial charge in [0, 0.05) is 4.88 Å². The van der Waals surface area contributed by atoms with E-state index >= 15 is 0 Å². The summed E-state index contributed by atoms with van der Waals surface area (Å²) < 4.78 is 0. The first-order valence-electron chi connectivity index (χ1n) is 6.78. The number of thiocarbonyl (C=S) groups is 1. The van der Waals surface area contributed by atoms with E-state index in [1.54, 1.807) is 11.3 Å². The third-order valence-electron chi connectivity index (χ3n) is 3.77. The number of amides is 1. The van der Waals surface area contributed by atoms with Gasteiger partial charge in [-0.3, -0.25) is 4.79 Å². The first-order valence-corrected chi connectivity index (χ1v) is 8.01. The molecule has 0 bridgehead atoms. The molecule has 1 aliphatic carbocycles. The van der Waals surface area contributed by atoms with E-state index in [1.807, 2.05) is 12.1 Å². The molecule has 1 heterocycles. The van der Waals surface area contributed by atoms with E-state index in [9.17, 15) is 4.79 Å². The Bertz CT molecular complexity index is 476. The van der Waals surface area contributed by atoms with Gasteiger partial charge in [-0.25, -0.2) is 0 Å². The van der Waals surface area contributed by atoms with Crippen LogP contribution in [-0.2, 0) is 6.42 Å². The number of hydrogen-bond donors (Lipinski definition) is 2. The lowest BCUT2D eigenvalue weighted by atomic mass is 9.81. The Morgan fingerprint density at radius 1 is 1.42 bits per heavy atom. The van der Waals surface area contributed by atoms with Crippen LogP contribution in [0.15, 0.2) is 12.1 Å². The van der Waals surface area contributed by atoms with Crippen molar-refractivity contribution < 1.29 is 4.79 Å². The van der Waals surface area contributed by atoms with Gasteiger partial charge in [0.25, 0.3) is 5.91 Å². The SMILES string of the molecule is CCc1ccc(C(=O)NC2(C(N)=S)CCCCC2)s1. The van der Waals surface area contributed by atoms with Gasteiger partial charge in [0.1, 0.15) is 0 Å². The highest BCUT2D eigenvalue weighted by Gasteiger charge is 2.36. The summed E-state index contributed by atoms with van der Waals surface area (Å²) >= 11 is 6.73. The average Bonchev–Trinajstić information content (AvgIpc) is 2.88. The van der Waals surface area contributed by atoms with Crippen molar-refractivity contribution in [3.05, 3.63) is 21.9 Å². The van der Waals surface area contributed by atoms with Crippen LogP contribution in [0.1, 0.15) is 53.6 Å². The van der Waals surface area contributed by atoms with Crippen LogP contribution in [0.4, 0.5) is 0 Å². The summed E-state index contributed by atoms with van der Waals surface area (Å²) in [6, 6.07) is 3.89. The lowest BCUT2D eigenvalue weighted by Gasteiger charge is -2.37. The predicted molar refractivity (Wildman–Crippen MR) is 83.8 cm³/mol. The van der Waals surface area contributed by atoms with Crippen molar-refractivity contribution in [1.29, 1.82) is 0 Å². The van der Waals surface area contributed by atoms with Gasteiger partial charge in [0.05, 0.1) is 15.4 Å². The maximum absolute atomic E-state index is 12.3. The third-order valence-corrected chi connectivity index (χ3v) is 5.38. The summed E-state index contributed by atoms with van der Waals surface area (Å²) in [6.45, 7) is 2.09. The van der Waals surface area contributed by atoms with Gasteiger partial charge in [0.15, 0.2) is 0 Å². The Morgan fingerprint density at radius 2 is 2.11 bits per heavy atom. The number of aryl methyl sites for hydroxylation is 1. The zero-order valence-corrected chi connectivity index (χ0v) is 12.8. The molecule has 3 nitrogen and oxygen atoms in total. The Balaban J connectivity index is 2.12. The zero-order valence-electron chi connectivity index (χ0n) is 11.2. The molecular formula is C14H20N2OS2. The monoisotopic (exact) mass is 296 g/mol. The quantitative estimate of drug-likeness (QED) is 0.840. The van der Waals surface area contributed by atoms with Crippen molar-refractivity contribution in [3.63, 3.8) is 0 Å². The van der Waals surface area contributed by atoms with Crippen LogP contribution in [-0.4, -0.2) is 16.4 Å². The third kappa shape index (κ3) is 3.15. The molecule has 1 fully saturated rings. The summed E-state index contributed by atoms with van der Waals surface area (Å²) in [7, 11) is 0. The summed E-state index contributed by atoms with van der Waals surface area (Å²) in [5.41, 5.74) is 5.41. The fourth-order valence-electron chi connectivity index (χ4n) is 2.56. The number of thiophene rings is 1. The number of rotatable bonds is 4. The molecule has 1 aliphatic rings. The Morgan fingerprint density at radius 3 is 2.63 bits per heavy atom. The highest BCUT2D eigenvalue weighted by atomic mass is 32.1. The number of nitrogens with two attached hydrogens (primary N) is 1. The first kappa shape index (κ1) is 14.5. The molecule has 0 atom stereocenters. The second kappa shape index (κ2) is 6.01. The van der Waals surface area contributed by atoms with Crippen LogP contribution < -0.4 is 11.1 Å². The highest BCUT2D eigenvalue weighted by molar-refractivity contribution is 7.80. The van der Waals surface area contributed by atoms with Gasteiger partial charge in [0.2, 0.25) is 0 Å². The van der Waals surface area contributed by atoms with E-state index in [4.69, 9.17) is 18.0 Å². The maximum Gasteiger partial charge on any atom is 0.262 e. The van der Waals surface area contributed by atoms with Crippen LogP contribution >= 0.6 is 23.6 Å². The minimum Gasteiger partial charge on any atom is -0.391 e. The van der Waals surface area contributed by atoms with Crippen LogP contribution in [0, 0.1) is 0 Å². The number of carbonyl (C=O) groups excluding carboxylic acids is 1. The van der Waals surface area contributed by atoms with E-state index in [0.717, 1.165) is 37.0 Å². The van der Waals surface area contributed by atoms with Crippen LogP contribution in [0.2, 0.25) is 0 Å². The molecule has 1 aromatic heterocycles. The standard InChI is InChI=1S/C14H20N2OS2/c1-2-10-6-7-11(19-10)12(17)16-14(13(15)18)8-4-3-5-9-14/h6-7H,2-5,8-9H2,1H3,(H2,15,18)(H,16,17). The lowest BCUT2D eigenvalue weighted by molar-refractivity contribution is 0.0912. The average molecular weight is 296 g/mol. The molecule has 1 amide bonds. The summed E-state index contributed by atoms with van der Waals surface area (Å²) in [5.74, 6) is -0.0422. The molecule has 1 aromatic rings. The predicted octanol–water partition coefficient (Wildman–Crippen LogP) is 3.03. The van der Waals surface area contributed by atoms with Gasteiger partial charge < -0.3 is 11.1 Å². The minimum absolute atomic E-state index is 0.0422. The normalized spacial score (nSPS) is 17.9. The van der Waals surface area contributed by atoms with Crippen molar-refractivity contribution in [1.82, 2.24) is 5.32 Å². The largest absolute Gasteiger partial charge is 0.391 e. The van der Waals surface area contributed by atoms with Crippen molar-refractivity contribution in [3.8, 4) is 0 Å². The minimum atomic E-state index is -0.471. The molecule has 5 heteroatoms. The second-order valence-electron chi connectivity index (χ2n) is 5.08. The molecule has 0 aliphatic heterocycles. The van der Waals surface area contributed by atoms with Crippen molar-refractivity contribution in [2.24, 2.45) is 5.73 Å². The number of hydrogen-bond acceptors (Lipinski definition) is 3. The topological polar surface area (TPSA) is 55.1 Å². The molecule has 0 unspecified atom stereocenters. The molecular weight excluding hydrogens is 276 g/mol. The van der Waals surface area contributed by atoms with E-state index in [2.05, 4.69) is 12.2 Å². The summed E-state index contributed by atoms with van der Waals surface area (Å²) in [4.78, 5) is 14.7. The second-order valence-corrected chi connectivity index (χ2v) is 6.69. The Labute approximate surface area is 123 Å². The lowest BCUT2D eigenvalue weighted by Crippen LogP contribution is -2.57. The fourth-order valence-corrected chi connectivity index (χ4v) is 3.66. The summed E-state index contributed by atoms with van der Waals surface area (Å²) in [5, 5.41) is 3.09. The zero-order chi connectivity index (χ0) is 13.9. The van der Waals surface area contributed by atoms with E-state index in [1.165, 1.54) is 11.3 Å². The van der Waals surface area contributed by atoms with Crippen molar-refractivity contribution in [2.45, 2.75) is 51.0 Å². The molecule has 104 valence electrons. The van der Waals surface area contributed by atoms with Gasteiger partial charge in [-0.2, -0.15) is 0 Å². The van der Waals surface area contributed by atoms with Crippen LogP contribution in [0.3, 0.4) is 0 Å². The first-order chi connectivity index (χ1) is 9.07.